The van der Waals surface area contributed by atoms with Gasteiger partial charge in [-0.05, 0) is 12.8 Å². The highest BCUT2D eigenvalue weighted by molar-refractivity contribution is 5.82. The quantitative estimate of drug-likeness (QED) is 0.228. The molecule has 1 aliphatic rings. The molecule has 0 unspecified atom stereocenters. The second kappa shape index (κ2) is 3.41. The fourth-order valence-corrected chi connectivity index (χ4v) is 1.10. The van der Waals surface area contributed by atoms with Gasteiger partial charge in [0.2, 0.25) is 0 Å². The molecule has 10 heavy (non-hydrogen) atoms. The largest absolute Gasteiger partial charge is 0.385 e. The van der Waals surface area contributed by atoms with Gasteiger partial charge in [-0.1, -0.05) is 0 Å². The molecule has 0 aromatic carbocycles. The van der Waals surface area contributed by atoms with Crippen molar-refractivity contribution in [3.05, 3.63) is 0 Å². The van der Waals surface area contributed by atoms with Crippen LogP contribution in [0.4, 0.5) is 0 Å². The van der Waals surface area contributed by atoms with Gasteiger partial charge in [-0.25, -0.2) is 0 Å². The predicted octanol–water partition coefficient (Wildman–Crippen LogP) is -0.356. The van der Waals surface area contributed by atoms with Gasteiger partial charge in [0.1, 0.15) is 5.84 Å². The molecule has 1 saturated heterocycles. The summed E-state index contributed by atoms with van der Waals surface area (Å²) in [4.78, 5) is 0. The van der Waals surface area contributed by atoms with Gasteiger partial charge in [-0.15, -0.1) is 0 Å². The van der Waals surface area contributed by atoms with Gasteiger partial charge in [0, 0.05) is 19.1 Å². The maximum absolute atomic E-state index is 5.52. The number of ether oxygens (including phenoxy) is 1. The van der Waals surface area contributed by atoms with Gasteiger partial charge >= 0.3 is 0 Å². The lowest BCUT2D eigenvalue weighted by Gasteiger charge is -2.20. The predicted molar refractivity (Wildman–Crippen MR) is 39.4 cm³/mol. The number of hydrogen-bond acceptors (Lipinski definition) is 3. The molecule has 0 aromatic heterocycles. The second-order valence-corrected chi connectivity index (χ2v) is 2.44. The Bertz CT molecular complexity index is 129. The van der Waals surface area contributed by atoms with Crippen molar-refractivity contribution in [2.45, 2.75) is 12.8 Å². The zero-order valence-electron chi connectivity index (χ0n) is 5.92. The third kappa shape index (κ3) is 1.60. The smallest absolute Gasteiger partial charge is 0.122 e. The highest BCUT2D eigenvalue weighted by Crippen LogP contribution is 2.13. The molecule has 0 radical (unpaired) electrons. The Morgan fingerprint density at radius 1 is 1.40 bits per heavy atom. The van der Waals surface area contributed by atoms with Crippen LogP contribution < -0.4 is 11.6 Å². The van der Waals surface area contributed by atoms with Crippen molar-refractivity contribution in [2.75, 3.05) is 13.2 Å². The SMILES string of the molecule is NN=C(N)C1CCOCC1. The molecule has 0 spiro atoms. The van der Waals surface area contributed by atoms with E-state index >= 15 is 0 Å². The average molecular weight is 143 g/mol. The Morgan fingerprint density at radius 3 is 2.50 bits per heavy atom. The molecule has 0 amide bonds. The van der Waals surface area contributed by atoms with Crippen molar-refractivity contribution in [3.8, 4) is 0 Å². The molecule has 0 aliphatic carbocycles. The van der Waals surface area contributed by atoms with Crippen LogP contribution in [0.1, 0.15) is 12.8 Å². The Kier molecular flexibility index (Phi) is 2.50. The summed E-state index contributed by atoms with van der Waals surface area (Å²) in [5.41, 5.74) is 5.52. The minimum absolute atomic E-state index is 0.346. The maximum Gasteiger partial charge on any atom is 0.122 e. The van der Waals surface area contributed by atoms with Crippen LogP contribution in [-0.2, 0) is 4.74 Å². The summed E-state index contributed by atoms with van der Waals surface area (Å²) in [7, 11) is 0. The van der Waals surface area contributed by atoms with Crippen LogP contribution in [-0.4, -0.2) is 19.0 Å². The molecule has 4 nitrogen and oxygen atoms in total. The summed E-state index contributed by atoms with van der Waals surface area (Å²) in [5.74, 6) is 5.93. The van der Waals surface area contributed by atoms with Crippen molar-refractivity contribution in [2.24, 2.45) is 22.6 Å². The molecule has 0 atom stereocenters. The fraction of sp³-hybridized carbons (Fsp3) is 0.833. The van der Waals surface area contributed by atoms with E-state index in [2.05, 4.69) is 5.10 Å². The highest BCUT2D eigenvalue weighted by atomic mass is 16.5. The first kappa shape index (κ1) is 7.34. The molecule has 4 N–H and O–H groups in total. The maximum atomic E-state index is 5.52. The van der Waals surface area contributed by atoms with Gasteiger partial charge < -0.3 is 16.3 Å². The third-order valence-electron chi connectivity index (χ3n) is 1.79. The fourth-order valence-electron chi connectivity index (χ4n) is 1.10. The summed E-state index contributed by atoms with van der Waals surface area (Å²) in [5, 5.41) is 3.45. The van der Waals surface area contributed by atoms with E-state index in [0.717, 1.165) is 26.1 Å². The molecule has 0 aromatic rings. The van der Waals surface area contributed by atoms with E-state index < -0.39 is 0 Å². The Balaban J connectivity index is 2.39. The van der Waals surface area contributed by atoms with E-state index in [1.54, 1.807) is 0 Å². The summed E-state index contributed by atoms with van der Waals surface area (Å²) in [6, 6.07) is 0. The number of amidine groups is 1. The van der Waals surface area contributed by atoms with Crippen LogP contribution in [0.5, 0.6) is 0 Å². The van der Waals surface area contributed by atoms with Crippen molar-refractivity contribution < 1.29 is 4.74 Å². The zero-order chi connectivity index (χ0) is 7.40. The third-order valence-corrected chi connectivity index (χ3v) is 1.79. The number of hydrazone groups is 1. The van der Waals surface area contributed by atoms with Gasteiger partial charge in [-0.3, -0.25) is 0 Å². The van der Waals surface area contributed by atoms with E-state index in [1.807, 2.05) is 0 Å². The topological polar surface area (TPSA) is 73.6 Å². The number of nitrogens with zero attached hydrogens (tertiary/aromatic N) is 1. The summed E-state index contributed by atoms with van der Waals surface area (Å²) >= 11 is 0. The van der Waals surface area contributed by atoms with Gasteiger partial charge in [0.15, 0.2) is 0 Å². The molecular weight excluding hydrogens is 130 g/mol. The first-order chi connectivity index (χ1) is 4.84. The molecular formula is C6H13N3O. The molecule has 1 rings (SSSR count). The molecule has 0 bridgehead atoms. The van der Waals surface area contributed by atoms with Crippen LogP contribution in [0.2, 0.25) is 0 Å². The van der Waals surface area contributed by atoms with Gasteiger partial charge in [0.25, 0.3) is 0 Å². The lowest BCUT2D eigenvalue weighted by Crippen LogP contribution is -2.30. The van der Waals surface area contributed by atoms with Crippen LogP contribution >= 0.6 is 0 Å². The molecule has 0 saturated carbocycles. The van der Waals surface area contributed by atoms with E-state index in [1.165, 1.54) is 0 Å². The summed E-state index contributed by atoms with van der Waals surface area (Å²) in [6.45, 7) is 1.56. The Labute approximate surface area is 60.2 Å². The summed E-state index contributed by atoms with van der Waals surface area (Å²) < 4.78 is 5.14. The van der Waals surface area contributed by atoms with Crippen LogP contribution in [0.15, 0.2) is 5.10 Å². The van der Waals surface area contributed by atoms with Gasteiger partial charge in [0.05, 0.1) is 0 Å². The van der Waals surface area contributed by atoms with Gasteiger partial charge in [-0.2, -0.15) is 5.10 Å². The normalized spacial score (nSPS) is 23.0. The zero-order valence-corrected chi connectivity index (χ0v) is 5.92. The Morgan fingerprint density at radius 2 is 2.00 bits per heavy atom. The van der Waals surface area contributed by atoms with Crippen LogP contribution in [0.3, 0.4) is 0 Å². The molecule has 1 fully saturated rings. The standard InChI is InChI=1S/C6H13N3O/c7-6(9-8)5-1-3-10-4-2-5/h5H,1-4,8H2,(H2,7,9). The van der Waals surface area contributed by atoms with Crippen molar-refractivity contribution in [1.82, 2.24) is 0 Å². The highest BCUT2D eigenvalue weighted by Gasteiger charge is 2.16. The minimum atomic E-state index is 0.346. The van der Waals surface area contributed by atoms with Crippen LogP contribution in [0, 0.1) is 5.92 Å². The lowest BCUT2D eigenvalue weighted by molar-refractivity contribution is 0.0825. The number of hydrogen-bond donors (Lipinski definition) is 2. The number of rotatable bonds is 1. The first-order valence-corrected chi connectivity index (χ1v) is 3.45. The van der Waals surface area contributed by atoms with Crippen LogP contribution in [0.25, 0.3) is 0 Å². The average Bonchev–Trinajstić information content (AvgIpc) is 2.05. The minimum Gasteiger partial charge on any atom is -0.385 e. The van der Waals surface area contributed by atoms with Crippen molar-refractivity contribution in [3.63, 3.8) is 0 Å². The molecule has 4 heteroatoms. The van der Waals surface area contributed by atoms with E-state index in [4.69, 9.17) is 16.3 Å². The molecule has 58 valence electrons. The van der Waals surface area contributed by atoms with E-state index in [9.17, 15) is 0 Å². The summed E-state index contributed by atoms with van der Waals surface area (Å²) in [6.07, 6.45) is 1.90. The molecule has 1 aliphatic heterocycles. The van der Waals surface area contributed by atoms with E-state index in [0.29, 0.717) is 11.8 Å². The lowest BCUT2D eigenvalue weighted by atomic mass is 10.00. The Hall–Kier alpha value is -0.770. The van der Waals surface area contributed by atoms with Crippen molar-refractivity contribution >= 4 is 5.84 Å². The monoisotopic (exact) mass is 143 g/mol. The first-order valence-electron chi connectivity index (χ1n) is 3.45. The number of nitrogens with two attached hydrogens (primary N) is 2. The van der Waals surface area contributed by atoms with E-state index in [-0.39, 0.29) is 0 Å². The second-order valence-electron chi connectivity index (χ2n) is 2.44. The molecule has 1 heterocycles. The van der Waals surface area contributed by atoms with Crippen molar-refractivity contribution in [1.29, 1.82) is 0 Å².